The predicted molar refractivity (Wildman–Crippen MR) is 53.7 cm³/mol. The quantitative estimate of drug-likeness (QED) is 0.828. The lowest BCUT2D eigenvalue weighted by atomic mass is 10.1. The van der Waals surface area contributed by atoms with Gasteiger partial charge in [0.1, 0.15) is 0 Å². The lowest BCUT2D eigenvalue weighted by Gasteiger charge is -2.01. The van der Waals surface area contributed by atoms with Gasteiger partial charge in [-0.15, -0.1) is 0 Å². The van der Waals surface area contributed by atoms with Gasteiger partial charge < -0.3 is 4.98 Å². The Labute approximate surface area is 94.5 Å². The minimum atomic E-state index is -4.48. The number of nitriles is 1. The Bertz CT molecular complexity index is 561. The largest absolute Gasteiger partial charge is 0.449 e. The zero-order valence-electron chi connectivity index (χ0n) is 8.42. The summed E-state index contributed by atoms with van der Waals surface area (Å²) < 4.78 is 36.9. The molecule has 0 saturated carbocycles. The van der Waals surface area contributed by atoms with Crippen LogP contribution in [0.1, 0.15) is 11.4 Å². The van der Waals surface area contributed by atoms with Gasteiger partial charge in [0.15, 0.2) is 0 Å². The minimum absolute atomic E-state index is 0.266. The molecule has 3 nitrogen and oxygen atoms in total. The third-order valence-electron chi connectivity index (χ3n) is 2.17. The first-order chi connectivity index (χ1) is 8.00. The molecule has 1 heterocycles. The van der Waals surface area contributed by atoms with Crippen LogP contribution in [0.4, 0.5) is 13.2 Å². The molecule has 0 aliphatic carbocycles. The van der Waals surface area contributed by atoms with Crippen molar-refractivity contribution in [2.24, 2.45) is 0 Å². The number of halogens is 3. The van der Waals surface area contributed by atoms with Gasteiger partial charge in [0, 0.05) is 0 Å². The van der Waals surface area contributed by atoms with Gasteiger partial charge in [-0.1, -0.05) is 12.1 Å². The summed E-state index contributed by atoms with van der Waals surface area (Å²) in [6.07, 6.45) is -3.37. The lowest BCUT2D eigenvalue weighted by molar-refractivity contribution is -0.144. The summed E-state index contributed by atoms with van der Waals surface area (Å²) in [5, 5.41) is 8.59. The van der Waals surface area contributed by atoms with Gasteiger partial charge >= 0.3 is 6.18 Å². The molecule has 0 fully saturated rings. The number of rotatable bonds is 1. The number of hydrogen-bond acceptors (Lipinski definition) is 2. The molecule has 2 rings (SSSR count). The fraction of sp³-hybridized carbons (Fsp3) is 0.0909. The van der Waals surface area contributed by atoms with E-state index in [2.05, 4.69) is 9.97 Å². The first-order valence-corrected chi connectivity index (χ1v) is 4.63. The van der Waals surface area contributed by atoms with Crippen LogP contribution in [0.5, 0.6) is 0 Å². The number of alkyl halides is 3. The molecule has 2 aromatic rings. The van der Waals surface area contributed by atoms with Gasteiger partial charge in [-0.05, 0) is 17.7 Å². The monoisotopic (exact) mass is 237 g/mol. The Hall–Kier alpha value is -2.29. The minimum Gasteiger partial charge on any atom is -0.334 e. The Morgan fingerprint density at radius 3 is 2.29 bits per heavy atom. The average molecular weight is 237 g/mol. The molecule has 6 heteroatoms. The molecule has 0 saturated heterocycles. The first kappa shape index (κ1) is 11.2. The summed E-state index contributed by atoms with van der Waals surface area (Å²) in [5.74, 6) is -1.03. The van der Waals surface area contributed by atoms with Crippen LogP contribution in [0.25, 0.3) is 11.3 Å². The van der Waals surface area contributed by atoms with E-state index in [4.69, 9.17) is 5.26 Å². The second-order valence-electron chi connectivity index (χ2n) is 3.33. The maximum absolute atomic E-state index is 12.3. The highest BCUT2D eigenvalue weighted by molar-refractivity contribution is 5.59. The SMILES string of the molecule is N#Cc1ccc(-c2cnc(C(F)(F)F)[nH]2)cc1. The van der Waals surface area contributed by atoms with Crippen molar-refractivity contribution >= 4 is 0 Å². The highest BCUT2D eigenvalue weighted by atomic mass is 19.4. The molecule has 0 atom stereocenters. The Kier molecular flexibility index (Phi) is 2.60. The summed E-state index contributed by atoms with van der Waals surface area (Å²) in [5.41, 5.74) is 1.26. The maximum Gasteiger partial charge on any atom is 0.449 e. The normalized spacial score (nSPS) is 11.2. The molecule has 1 aromatic carbocycles. The van der Waals surface area contributed by atoms with Crippen molar-refractivity contribution in [1.29, 1.82) is 5.26 Å². The van der Waals surface area contributed by atoms with Crippen LogP contribution < -0.4 is 0 Å². The molecular formula is C11H6F3N3. The van der Waals surface area contributed by atoms with Crippen molar-refractivity contribution in [1.82, 2.24) is 9.97 Å². The fourth-order valence-electron chi connectivity index (χ4n) is 1.34. The van der Waals surface area contributed by atoms with E-state index in [9.17, 15) is 13.2 Å². The van der Waals surface area contributed by atoms with E-state index in [1.165, 1.54) is 12.1 Å². The van der Waals surface area contributed by atoms with Crippen LogP contribution >= 0.6 is 0 Å². The van der Waals surface area contributed by atoms with Crippen LogP contribution in [0.15, 0.2) is 30.5 Å². The van der Waals surface area contributed by atoms with Crippen molar-refractivity contribution in [3.8, 4) is 17.3 Å². The van der Waals surface area contributed by atoms with Crippen LogP contribution in [0.3, 0.4) is 0 Å². The topological polar surface area (TPSA) is 52.5 Å². The molecule has 0 spiro atoms. The molecule has 86 valence electrons. The number of nitrogens with zero attached hydrogens (tertiary/aromatic N) is 2. The number of aromatic amines is 1. The molecule has 17 heavy (non-hydrogen) atoms. The van der Waals surface area contributed by atoms with Gasteiger partial charge in [0.2, 0.25) is 5.82 Å². The van der Waals surface area contributed by atoms with Crippen LogP contribution in [0.2, 0.25) is 0 Å². The van der Waals surface area contributed by atoms with Crippen molar-refractivity contribution in [2.75, 3.05) is 0 Å². The zero-order chi connectivity index (χ0) is 12.5. The number of aromatic nitrogens is 2. The zero-order valence-corrected chi connectivity index (χ0v) is 8.42. The second-order valence-corrected chi connectivity index (χ2v) is 3.33. The number of nitrogens with one attached hydrogen (secondary N) is 1. The summed E-state index contributed by atoms with van der Waals surface area (Å²) in [7, 11) is 0. The molecule has 0 amide bonds. The van der Waals surface area contributed by atoms with E-state index in [0.29, 0.717) is 11.1 Å². The molecule has 0 aliphatic rings. The molecular weight excluding hydrogens is 231 g/mol. The van der Waals surface area contributed by atoms with Crippen LogP contribution in [-0.4, -0.2) is 9.97 Å². The van der Waals surface area contributed by atoms with Gasteiger partial charge in [-0.3, -0.25) is 0 Å². The maximum atomic E-state index is 12.3. The Balaban J connectivity index is 2.34. The number of benzene rings is 1. The Morgan fingerprint density at radius 1 is 1.18 bits per heavy atom. The number of H-pyrrole nitrogens is 1. The van der Waals surface area contributed by atoms with E-state index < -0.39 is 12.0 Å². The summed E-state index contributed by atoms with van der Waals surface area (Å²) in [6.45, 7) is 0. The van der Waals surface area contributed by atoms with Crippen LogP contribution in [0, 0.1) is 11.3 Å². The van der Waals surface area contributed by atoms with E-state index in [1.807, 2.05) is 6.07 Å². The van der Waals surface area contributed by atoms with E-state index >= 15 is 0 Å². The number of imidazole rings is 1. The van der Waals surface area contributed by atoms with Gasteiger partial charge in [0.05, 0.1) is 23.5 Å². The Morgan fingerprint density at radius 2 is 1.82 bits per heavy atom. The van der Waals surface area contributed by atoms with Crippen molar-refractivity contribution in [2.45, 2.75) is 6.18 Å². The molecule has 0 radical (unpaired) electrons. The third kappa shape index (κ3) is 2.28. The molecule has 0 bridgehead atoms. The van der Waals surface area contributed by atoms with Crippen LogP contribution in [-0.2, 0) is 6.18 Å². The smallest absolute Gasteiger partial charge is 0.334 e. The second kappa shape index (κ2) is 3.94. The van der Waals surface area contributed by atoms with E-state index in [1.54, 1.807) is 12.1 Å². The summed E-state index contributed by atoms with van der Waals surface area (Å²) in [4.78, 5) is 5.45. The van der Waals surface area contributed by atoms with E-state index in [-0.39, 0.29) is 5.69 Å². The van der Waals surface area contributed by atoms with Crippen molar-refractivity contribution < 1.29 is 13.2 Å². The predicted octanol–water partition coefficient (Wildman–Crippen LogP) is 2.97. The molecule has 1 aromatic heterocycles. The molecule has 1 N–H and O–H groups in total. The van der Waals surface area contributed by atoms with Gasteiger partial charge in [-0.2, -0.15) is 18.4 Å². The highest BCUT2D eigenvalue weighted by Crippen LogP contribution is 2.28. The molecule has 0 aliphatic heterocycles. The standard InChI is InChI=1S/C11H6F3N3/c12-11(13,14)10-16-6-9(17-10)8-3-1-7(5-15)2-4-8/h1-4,6H,(H,16,17). The van der Waals surface area contributed by atoms with Gasteiger partial charge in [-0.25, -0.2) is 4.98 Å². The van der Waals surface area contributed by atoms with Crippen molar-refractivity contribution in [3.63, 3.8) is 0 Å². The third-order valence-corrected chi connectivity index (χ3v) is 2.17. The highest BCUT2D eigenvalue weighted by Gasteiger charge is 2.34. The average Bonchev–Trinajstić information content (AvgIpc) is 2.78. The summed E-state index contributed by atoms with van der Waals surface area (Å²) in [6, 6.07) is 8.12. The lowest BCUT2D eigenvalue weighted by Crippen LogP contribution is -2.07. The fourth-order valence-corrected chi connectivity index (χ4v) is 1.34. The van der Waals surface area contributed by atoms with Gasteiger partial charge in [0.25, 0.3) is 0 Å². The first-order valence-electron chi connectivity index (χ1n) is 4.63. The number of hydrogen-bond donors (Lipinski definition) is 1. The van der Waals surface area contributed by atoms with Crippen molar-refractivity contribution in [3.05, 3.63) is 41.9 Å². The van der Waals surface area contributed by atoms with E-state index in [0.717, 1.165) is 6.20 Å². The summed E-state index contributed by atoms with van der Waals surface area (Å²) >= 11 is 0. The molecule has 0 unspecified atom stereocenters.